The minimum absolute atomic E-state index is 0.0351. The molecule has 1 aromatic rings. The molecule has 9 nitrogen and oxygen atoms in total. The summed E-state index contributed by atoms with van der Waals surface area (Å²) in [6.45, 7) is -0.311. The lowest BCUT2D eigenvalue weighted by molar-refractivity contribution is 0.0811. The lowest BCUT2D eigenvalue weighted by Gasteiger charge is -2.23. The first-order valence-electron chi connectivity index (χ1n) is 7.73. The molecule has 2 unspecified atom stereocenters. The molecule has 1 aliphatic rings. The maximum atomic E-state index is 12.4. The van der Waals surface area contributed by atoms with Crippen LogP contribution in [0.15, 0.2) is 30.3 Å². The Kier molecular flexibility index (Phi) is 6.61. The minimum Gasteiger partial charge on any atom is -0.445 e. The fourth-order valence-corrected chi connectivity index (χ4v) is 3.61. The predicted molar refractivity (Wildman–Crippen MR) is 92.3 cm³/mol. The van der Waals surface area contributed by atoms with Crippen molar-refractivity contribution in [2.75, 3.05) is 25.7 Å². The standard InChI is InChI=1S/C15H21NO8S2/c1-25(18,19)23-11-13-8-14(24-26(2,20)21)9-16(13)15(17)22-10-12-6-4-3-5-7-12/h3-7,13-14H,8-11H2,1-2H3. The molecule has 1 aliphatic heterocycles. The quantitative estimate of drug-likeness (QED) is 0.607. The Morgan fingerprint density at radius 3 is 2.35 bits per heavy atom. The fraction of sp³-hybridized carbons (Fsp3) is 0.533. The molecule has 0 spiro atoms. The van der Waals surface area contributed by atoms with E-state index in [4.69, 9.17) is 13.1 Å². The summed E-state index contributed by atoms with van der Waals surface area (Å²) in [5.74, 6) is 0. The third-order valence-electron chi connectivity index (χ3n) is 3.60. The summed E-state index contributed by atoms with van der Waals surface area (Å²) >= 11 is 0. The summed E-state index contributed by atoms with van der Waals surface area (Å²) in [5.41, 5.74) is 0.785. The number of hydrogen-bond donors (Lipinski definition) is 0. The van der Waals surface area contributed by atoms with Gasteiger partial charge in [-0.2, -0.15) is 16.8 Å². The van der Waals surface area contributed by atoms with Crippen LogP contribution in [0.5, 0.6) is 0 Å². The van der Waals surface area contributed by atoms with Crippen LogP contribution in [0.1, 0.15) is 12.0 Å². The van der Waals surface area contributed by atoms with Crippen molar-refractivity contribution >= 4 is 26.3 Å². The summed E-state index contributed by atoms with van der Waals surface area (Å²) in [7, 11) is -7.42. The third kappa shape index (κ3) is 6.90. The molecule has 1 aromatic carbocycles. The number of carbonyl (C=O) groups excluding carboxylic acids is 1. The van der Waals surface area contributed by atoms with Crippen molar-refractivity contribution in [1.82, 2.24) is 4.90 Å². The molecule has 1 amide bonds. The van der Waals surface area contributed by atoms with E-state index >= 15 is 0 Å². The van der Waals surface area contributed by atoms with E-state index < -0.39 is 38.5 Å². The van der Waals surface area contributed by atoms with Gasteiger partial charge < -0.3 is 9.64 Å². The molecule has 1 saturated heterocycles. The Morgan fingerprint density at radius 1 is 1.12 bits per heavy atom. The topological polar surface area (TPSA) is 116 Å². The number of rotatable bonds is 7. The van der Waals surface area contributed by atoms with E-state index in [1.165, 1.54) is 4.90 Å². The van der Waals surface area contributed by atoms with E-state index in [0.29, 0.717) is 0 Å². The largest absolute Gasteiger partial charge is 0.445 e. The van der Waals surface area contributed by atoms with Crippen LogP contribution in [0.2, 0.25) is 0 Å². The minimum atomic E-state index is -3.72. The Balaban J connectivity index is 2.03. The zero-order valence-corrected chi connectivity index (χ0v) is 16.0. The molecule has 26 heavy (non-hydrogen) atoms. The summed E-state index contributed by atoms with van der Waals surface area (Å²) in [6, 6.07) is 8.33. The normalized spacial score (nSPS) is 20.9. The van der Waals surface area contributed by atoms with Crippen LogP contribution in [0.4, 0.5) is 4.79 Å². The number of nitrogens with zero attached hydrogens (tertiary/aromatic N) is 1. The lowest BCUT2D eigenvalue weighted by atomic mass is 10.2. The molecular weight excluding hydrogens is 386 g/mol. The van der Waals surface area contributed by atoms with Gasteiger partial charge in [-0.15, -0.1) is 0 Å². The average Bonchev–Trinajstić information content (AvgIpc) is 2.92. The highest BCUT2D eigenvalue weighted by Crippen LogP contribution is 2.23. The molecule has 0 bridgehead atoms. The highest BCUT2D eigenvalue weighted by Gasteiger charge is 2.39. The molecule has 0 radical (unpaired) electrons. The van der Waals surface area contributed by atoms with E-state index in [0.717, 1.165) is 18.1 Å². The Morgan fingerprint density at radius 2 is 1.77 bits per heavy atom. The van der Waals surface area contributed by atoms with Crippen LogP contribution in [-0.4, -0.2) is 65.6 Å². The van der Waals surface area contributed by atoms with Crippen LogP contribution >= 0.6 is 0 Å². The number of ether oxygens (including phenoxy) is 1. The zero-order valence-electron chi connectivity index (χ0n) is 14.4. The second-order valence-electron chi connectivity index (χ2n) is 5.99. The van der Waals surface area contributed by atoms with Crippen molar-refractivity contribution in [2.24, 2.45) is 0 Å². The summed E-state index contributed by atoms with van der Waals surface area (Å²) in [6.07, 6.45) is 0.428. The van der Waals surface area contributed by atoms with Gasteiger partial charge in [0.15, 0.2) is 0 Å². The van der Waals surface area contributed by atoms with Gasteiger partial charge in [0.2, 0.25) is 0 Å². The first-order chi connectivity index (χ1) is 12.0. The molecule has 11 heteroatoms. The Labute approximate surface area is 153 Å². The van der Waals surface area contributed by atoms with E-state index in [2.05, 4.69) is 0 Å². The molecule has 0 saturated carbocycles. The van der Waals surface area contributed by atoms with Crippen LogP contribution in [0.3, 0.4) is 0 Å². The Hall–Kier alpha value is -1.69. The number of benzene rings is 1. The molecule has 1 fully saturated rings. The molecule has 146 valence electrons. The molecular formula is C15H21NO8S2. The number of amides is 1. The van der Waals surface area contributed by atoms with Crippen molar-refractivity contribution in [3.63, 3.8) is 0 Å². The van der Waals surface area contributed by atoms with Crippen molar-refractivity contribution in [1.29, 1.82) is 0 Å². The first kappa shape index (κ1) is 20.6. The molecule has 0 aliphatic carbocycles. The van der Waals surface area contributed by atoms with E-state index in [1.807, 2.05) is 6.07 Å². The highest BCUT2D eigenvalue weighted by molar-refractivity contribution is 7.86. The van der Waals surface area contributed by atoms with E-state index in [1.54, 1.807) is 24.3 Å². The van der Waals surface area contributed by atoms with Crippen molar-refractivity contribution in [3.8, 4) is 0 Å². The van der Waals surface area contributed by atoms with Gasteiger partial charge in [-0.05, 0) is 12.0 Å². The van der Waals surface area contributed by atoms with Gasteiger partial charge >= 0.3 is 6.09 Å². The number of likely N-dealkylation sites (tertiary alicyclic amines) is 1. The van der Waals surface area contributed by atoms with Crippen molar-refractivity contribution in [2.45, 2.75) is 25.2 Å². The number of hydrogen-bond acceptors (Lipinski definition) is 8. The SMILES string of the molecule is CS(=O)(=O)OCC1CC(OS(C)(=O)=O)CN1C(=O)OCc1ccccc1. The molecule has 0 aromatic heterocycles. The van der Waals surface area contributed by atoms with Gasteiger partial charge in [-0.1, -0.05) is 30.3 Å². The van der Waals surface area contributed by atoms with Crippen LogP contribution in [0, 0.1) is 0 Å². The maximum absolute atomic E-state index is 12.4. The lowest BCUT2D eigenvalue weighted by Crippen LogP contribution is -2.39. The second-order valence-corrected chi connectivity index (χ2v) is 9.24. The Bertz CT molecular complexity index is 822. The summed E-state index contributed by atoms with van der Waals surface area (Å²) in [4.78, 5) is 13.6. The van der Waals surface area contributed by atoms with Crippen molar-refractivity contribution < 1.29 is 34.7 Å². The van der Waals surface area contributed by atoms with E-state index in [9.17, 15) is 21.6 Å². The summed E-state index contributed by atoms with van der Waals surface area (Å²) < 4.78 is 59.9. The van der Waals surface area contributed by atoms with Gasteiger partial charge in [0.1, 0.15) is 6.61 Å². The zero-order chi connectivity index (χ0) is 19.4. The summed E-state index contributed by atoms with van der Waals surface area (Å²) in [5, 5.41) is 0. The van der Waals surface area contributed by atoms with Crippen LogP contribution < -0.4 is 0 Å². The smallest absolute Gasteiger partial charge is 0.410 e. The first-order valence-corrected chi connectivity index (χ1v) is 11.4. The fourth-order valence-electron chi connectivity index (χ4n) is 2.58. The monoisotopic (exact) mass is 407 g/mol. The highest BCUT2D eigenvalue weighted by atomic mass is 32.2. The van der Waals surface area contributed by atoms with Gasteiger partial charge in [-0.3, -0.25) is 8.37 Å². The van der Waals surface area contributed by atoms with Crippen LogP contribution in [0.25, 0.3) is 0 Å². The van der Waals surface area contributed by atoms with Gasteiger partial charge in [0, 0.05) is 0 Å². The van der Waals surface area contributed by atoms with Crippen LogP contribution in [-0.2, 0) is 39.9 Å². The molecule has 1 heterocycles. The third-order valence-corrected chi connectivity index (χ3v) is 4.79. The van der Waals surface area contributed by atoms with Gasteiger partial charge in [-0.25, -0.2) is 4.79 Å². The number of carbonyl (C=O) groups is 1. The van der Waals surface area contributed by atoms with Crippen molar-refractivity contribution in [3.05, 3.63) is 35.9 Å². The molecule has 2 rings (SSSR count). The molecule has 2 atom stereocenters. The van der Waals surface area contributed by atoms with Gasteiger partial charge in [0.05, 0.1) is 37.8 Å². The average molecular weight is 407 g/mol. The second kappa shape index (κ2) is 8.33. The molecule has 0 N–H and O–H groups in total. The van der Waals surface area contributed by atoms with E-state index in [-0.39, 0.29) is 26.2 Å². The van der Waals surface area contributed by atoms with Gasteiger partial charge in [0.25, 0.3) is 20.2 Å². The predicted octanol–water partition coefficient (Wildman–Crippen LogP) is 0.719. The maximum Gasteiger partial charge on any atom is 0.410 e.